The summed E-state index contributed by atoms with van der Waals surface area (Å²) in [6, 6.07) is 7.89. The second kappa shape index (κ2) is 5.55. The number of nitrogens with zero attached hydrogens (tertiary/aromatic N) is 5. The summed E-state index contributed by atoms with van der Waals surface area (Å²) in [7, 11) is 3.97. The van der Waals surface area contributed by atoms with E-state index in [9.17, 15) is 4.79 Å². The van der Waals surface area contributed by atoms with Gasteiger partial charge in [0.15, 0.2) is 0 Å². The normalized spacial score (nSPS) is 18.0. The minimum absolute atomic E-state index is 0.0787. The molecular weight excluding hydrogens is 266 g/mol. The van der Waals surface area contributed by atoms with Gasteiger partial charge in [0.2, 0.25) is 0 Å². The molecule has 1 atom stereocenters. The number of amides is 1. The predicted molar refractivity (Wildman–Crippen MR) is 80.3 cm³/mol. The van der Waals surface area contributed by atoms with Gasteiger partial charge in [-0.05, 0) is 30.7 Å². The number of likely N-dealkylation sites (tertiary alicyclic amines) is 1. The van der Waals surface area contributed by atoms with Crippen LogP contribution in [0.15, 0.2) is 36.7 Å². The lowest BCUT2D eigenvalue weighted by Crippen LogP contribution is -2.29. The highest BCUT2D eigenvalue weighted by molar-refractivity contribution is 5.94. The largest absolute Gasteiger partial charge is 0.378 e. The number of carbonyl (C=O) groups is 1. The monoisotopic (exact) mass is 285 g/mol. The molecule has 0 saturated carbocycles. The Morgan fingerprint density at radius 2 is 1.86 bits per heavy atom. The van der Waals surface area contributed by atoms with Gasteiger partial charge in [-0.1, -0.05) is 0 Å². The summed E-state index contributed by atoms with van der Waals surface area (Å²) < 4.78 is 0. The number of benzene rings is 1. The molecule has 1 aromatic heterocycles. The Labute approximate surface area is 124 Å². The Balaban J connectivity index is 1.68. The molecule has 1 fully saturated rings. The van der Waals surface area contributed by atoms with Crippen LogP contribution in [-0.2, 0) is 0 Å². The maximum Gasteiger partial charge on any atom is 0.253 e. The van der Waals surface area contributed by atoms with E-state index >= 15 is 0 Å². The van der Waals surface area contributed by atoms with Crippen LogP contribution in [0.4, 0.5) is 5.69 Å². The number of carbonyl (C=O) groups excluding carboxylic acids is 1. The molecule has 0 radical (unpaired) electrons. The maximum absolute atomic E-state index is 12.5. The van der Waals surface area contributed by atoms with E-state index in [0.717, 1.165) is 24.2 Å². The lowest BCUT2D eigenvalue weighted by atomic mass is 10.2. The molecule has 3 rings (SSSR count). The van der Waals surface area contributed by atoms with Crippen LogP contribution in [0, 0.1) is 0 Å². The Hall–Kier alpha value is -2.37. The van der Waals surface area contributed by atoms with E-state index < -0.39 is 0 Å². The molecule has 0 bridgehead atoms. The first-order chi connectivity index (χ1) is 10.1. The third-order valence-electron chi connectivity index (χ3n) is 3.84. The van der Waals surface area contributed by atoms with Crippen molar-refractivity contribution in [3.05, 3.63) is 42.2 Å². The molecule has 0 aliphatic carbocycles. The molecule has 6 heteroatoms. The number of aromatic nitrogens is 3. The molecule has 1 unspecified atom stereocenters. The van der Waals surface area contributed by atoms with Gasteiger partial charge < -0.3 is 9.80 Å². The smallest absolute Gasteiger partial charge is 0.253 e. The summed E-state index contributed by atoms with van der Waals surface area (Å²) in [6.07, 6.45) is 4.24. The van der Waals surface area contributed by atoms with Crippen molar-refractivity contribution in [1.82, 2.24) is 19.9 Å². The standard InChI is InChI=1S/C15H19N5O/c1-18(2)13-5-3-12(4-6-13)15(21)19-10-7-14(11-19)20-16-8-9-17-20/h3-6,8-9,14H,7,10-11H2,1-2H3. The number of hydrogen-bond acceptors (Lipinski definition) is 4. The minimum atomic E-state index is 0.0787. The van der Waals surface area contributed by atoms with Crippen LogP contribution in [0.5, 0.6) is 0 Å². The van der Waals surface area contributed by atoms with Crippen molar-refractivity contribution in [1.29, 1.82) is 0 Å². The van der Waals surface area contributed by atoms with Crippen LogP contribution < -0.4 is 4.90 Å². The highest BCUT2D eigenvalue weighted by Gasteiger charge is 2.28. The van der Waals surface area contributed by atoms with Crippen molar-refractivity contribution in [3.63, 3.8) is 0 Å². The van der Waals surface area contributed by atoms with Crippen molar-refractivity contribution in [2.75, 3.05) is 32.1 Å². The van der Waals surface area contributed by atoms with E-state index in [0.29, 0.717) is 6.54 Å². The van der Waals surface area contributed by atoms with Crippen molar-refractivity contribution in [3.8, 4) is 0 Å². The molecule has 0 spiro atoms. The molecule has 2 aromatic rings. The first-order valence-corrected chi connectivity index (χ1v) is 7.07. The van der Waals surface area contributed by atoms with E-state index in [1.165, 1.54) is 0 Å². The Morgan fingerprint density at radius 1 is 1.19 bits per heavy atom. The zero-order valence-corrected chi connectivity index (χ0v) is 12.3. The highest BCUT2D eigenvalue weighted by atomic mass is 16.2. The molecule has 6 nitrogen and oxygen atoms in total. The zero-order chi connectivity index (χ0) is 14.8. The lowest BCUT2D eigenvalue weighted by Gasteiger charge is -2.17. The van der Waals surface area contributed by atoms with Crippen molar-refractivity contribution < 1.29 is 4.79 Å². The molecule has 1 saturated heterocycles. The van der Waals surface area contributed by atoms with Gasteiger partial charge in [-0.3, -0.25) is 4.79 Å². The SMILES string of the molecule is CN(C)c1ccc(C(=O)N2CCC(n3nccn3)C2)cc1. The summed E-state index contributed by atoms with van der Waals surface area (Å²) in [5.41, 5.74) is 1.82. The first kappa shape index (κ1) is 13.6. The highest BCUT2D eigenvalue weighted by Crippen LogP contribution is 2.22. The molecule has 1 aliphatic heterocycles. The number of hydrogen-bond donors (Lipinski definition) is 0. The van der Waals surface area contributed by atoms with Gasteiger partial charge in [-0.25, -0.2) is 0 Å². The average molecular weight is 285 g/mol. The quantitative estimate of drug-likeness (QED) is 0.856. The molecule has 110 valence electrons. The molecule has 1 amide bonds. The Bertz CT molecular complexity index is 606. The second-order valence-electron chi connectivity index (χ2n) is 5.48. The second-order valence-corrected chi connectivity index (χ2v) is 5.48. The fourth-order valence-corrected chi connectivity index (χ4v) is 2.61. The summed E-state index contributed by atoms with van der Waals surface area (Å²) in [4.78, 5) is 18.1. The van der Waals surface area contributed by atoms with Crippen LogP contribution in [-0.4, -0.2) is 53.0 Å². The minimum Gasteiger partial charge on any atom is -0.378 e. The van der Waals surface area contributed by atoms with Gasteiger partial charge in [0, 0.05) is 38.4 Å². The van der Waals surface area contributed by atoms with Crippen molar-refractivity contribution >= 4 is 11.6 Å². The summed E-state index contributed by atoms with van der Waals surface area (Å²) in [5, 5.41) is 8.32. The van der Waals surface area contributed by atoms with E-state index in [4.69, 9.17) is 0 Å². The lowest BCUT2D eigenvalue weighted by molar-refractivity contribution is 0.0786. The Kier molecular flexibility index (Phi) is 3.60. The Morgan fingerprint density at radius 3 is 2.48 bits per heavy atom. The van der Waals surface area contributed by atoms with Gasteiger partial charge in [0.25, 0.3) is 5.91 Å². The summed E-state index contributed by atoms with van der Waals surface area (Å²) in [5.74, 6) is 0.0787. The van der Waals surface area contributed by atoms with Gasteiger partial charge in [0.1, 0.15) is 0 Å². The molecule has 2 heterocycles. The molecular formula is C15H19N5O. The molecule has 1 aliphatic rings. The summed E-state index contributed by atoms with van der Waals surface area (Å²) >= 11 is 0. The third-order valence-corrected chi connectivity index (χ3v) is 3.84. The zero-order valence-electron chi connectivity index (χ0n) is 12.3. The van der Waals surface area contributed by atoms with Gasteiger partial charge in [0.05, 0.1) is 18.4 Å². The van der Waals surface area contributed by atoms with Crippen LogP contribution >= 0.6 is 0 Å². The average Bonchev–Trinajstić information content (AvgIpc) is 3.17. The van der Waals surface area contributed by atoms with E-state index in [2.05, 4.69) is 10.2 Å². The molecule has 0 N–H and O–H groups in total. The fourth-order valence-electron chi connectivity index (χ4n) is 2.61. The van der Waals surface area contributed by atoms with Gasteiger partial charge >= 0.3 is 0 Å². The fraction of sp³-hybridized carbons (Fsp3) is 0.400. The maximum atomic E-state index is 12.5. The van der Waals surface area contributed by atoms with Gasteiger partial charge in [-0.15, -0.1) is 0 Å². The number of rotatable bonds is 3. The van der Waals surface area contributed by atoms with Crippen LogP contribution in [0.1, 0.15) is 22.8 Å². The van der Waals surface area contributed by atoms with Crippen molar-refractivity contribution in [2.24, 2.45) is 0 Å². The third kappa shape index (κ3) is 2.74. The van der Waals surface area contributed by atoms with Gasteiger partial charge in [-0.2, -0.15) is 15.0 Å². The first-order valence-electron chi connectivity index (χ1n) is 7.07. The topological polar surface area (TPSA) is 54.3 Å². The van der Waals surface area contributed by atoms with Crippen LogP contribution in [0.3, 0.4) is 0 Å². The summed E-state index contributed by atoms with van der Waals surface area (Å²) in [6.45, 7) is 1.42. The van der Waals surface area contributed by atoms with E-state index in [1.807, 2.05) is 48.2 Å². The van der Waals surface area contributed by atoms with Crippen LogP contribution in [0.25, 0.3) is 0 Å². The number of anilines is 1. The van der Waals surface area contributed by atoms with Crippen molar-refractivity contribution in [2.45, 2.75) is 12.5 Å². The van der Waals surface area contributed by atoms with Crippen LogP contribution in [0.2, 0.25) is 0 Å². The molecule has 21 heavy (non-hydrogen) atoms. The van der Waals surface area contributed by atoms with E-state index in [-0.39, 0.29) is 11.9 Å². The molecule has 1 aromatic carbocycles. The van der Waals surface area contributed by atoms with E-state index in [1.54, 1.807) is 17.2 Å². The predicted octanol–water partition coefficient (Wildman–Crippen LogP) is 1.43.